The monoisotopic (exact) mass is 360 g/mol. The summed E-state index contributed by atoms with van der Waals surface area (Å²) in [6, 6.07) is 3.94. The number of carboxylic acids is 1. The highest BCUT2D eigenvalue weighted by molar-refractivity contribution is 6.03. The molecule has 1 aliphatic heterocycles. The summed E-state index contributed by atoms with van der Waals surface area (Å²) >= 11 is 0. The number of carbonyl (C=O) groups is 3. The summed E-state index contributed by atoms with van der Waals surface area (Å²) in [4.78, 5) is 35.6. The Bertz CT molecular complexity index is 705. The van der Waals surface area contributed by atoms with E-state index in [0.717, 1.165) is 0 Å². The van der Waals surface area contributed by atoms with Crippen LogP contribution in [0.2, 0.25) is 0 Å². The fourth-order valence-electron chi connectivity index (χ4n) is 2.49. The van der Waals surface area contributed by atoms with Gasteiger partial charge in [0.05, 0.1) is 24.3 Å². The number of methoxy groups -OCH3 is 1. The molecule has 25 heavy (non-hydrogen) atoms. The van der Waals surface area contributed by atoms with Gasteiger partial charge in [0.1, 0.15) is 12.3 Å². The summed E-state index contributed by atoms with van der Waals surface area (Å²) in [5.74, 6) is -3.52. The first-order chi connectivity index (χ1) is 11.6. The van der Waals surface area contributed by atoms with E-state index in [-0.39, 0.29) is 30.0 Å². The number of benzene rings is 1. The minimum absolute atomic E-state index is 0.0278. The fourth-order valence-corrected chi connectivity index (χ4v) is 2.49. The van der Waals surface area contributed by atoms with E-state index in [9.17, 15) is 32.7 Å². The third-order valence-corrected chi connectivity index (χ3v) is 3.67. The molecule has 1 atom stereocenters. The second-order valence-corrected chi connectivity index (χ2v) is 5.50. The van der Waals surface area contributed by atoms with Gasteiger partial charge in [-0.2, -0.15) is 13.2 Å². The summed E-state index contributed by atoms with van der Waals surface area (Å²) in [7, 11) is 1.35. The number of aromatic carboxylic acids is 1. The van der Waals surface area contributed by atoms with Gasteiger partial charge in [0, 0.05) is 13.0 Å². The van der Waals surface area contributed by atoms with Gasteiger partial charge in [-0.3, -0.25) is 9.59 Å². The molecule has 0 bridgehead atoms. The molecule has 2 amide bonds. The molecular weight excluding hydrogens is 345 g/mol. The van der Waals surface area contributed by atoms with Crippen LogP contribution in [0, 0.1) is 5.92 Å². The van der Waals surface area contributed by atoms with Crippen molar-refractivity contribution in [2.75, 3.05) is 25.5 Å². The smallest absolute Gasteiger partial charge is 0.406 e. The number of amides is 2. The second-order valence-electron chi connectivity index (χ2n) is 5.50. The molecule has 0 spiro atoms. The van der Waals surface area contributed by atoms with Gasteiger partial charge in [-0.25, -0.2) is 4.79 Å². The van der Waals surface area contributed by atoms with Gasteiger partial charge >= 0.3 is 12.1 Å². The Labute approximate surface area is 140 Å². The number of alkyl halides is 3. The minimum atomic E-state index is -4.55. The van der Waals surface area contributed by atoms with Gasteiger partial charge in [0.25, 0.3) is 0 Å². The second kappa shape index (κ2) is 6.99. The van der Waals surface area contributed by atoms with Crippen LogP contribution in [-0.2, 0) is 9.59 Å². The maximum absolute atomic E-state index is 12.4. The number of hydrogen-bond donors (Lipinski definition) is 2. The Hall–Kier alpha value is -2.78. The van der Waals surface area contributed by atoms with Crippen LogP contribution < -0.4 is 10.1 Å². The topological polar surface area (TPSA) is 95.9 Å². The zero-order valence-corrected chi connectivity index (χ0v) is 13.1. The lowest BCUT2D eigenvalue weighted by atomic mass is 10.1. The van der Waals surface area contributed by atoms with Crippen molar-refractivity contribution >= 4 is 23.5 Å². The zero-order valence-electron chi connectivity index (χ0n) is 13.1. The molecule has 1 heterocycles. The Morgan fingerprint density at radius 3 is 2.64 bits per heavy atom. The molecule has 0 radical (unpaired) electrons. The van der Waals surface area contributed by atoms with Gasteiger partial charge in [0.15, 0.2) is 0 Å². The molecule has 1 aromatic carbocycles. The normalized spacial score (nSPS) is 17.5. The number of anilines is 1. The summed E-state index contributed by atoms with van der Waals surface area (Å²) in [5.41, 5.74) is -0.260. The number of ether oxygens (including phenoxy) is 1. The molecule has 2 N–H and O–H groups in total. The first kappa shape index (κ1) is 18.6. The number of nitrogens with one attached hydrogen (secondary N) is 1. The van der Waals surface area contributed by atoms with Crippen molar-refractivity contribution in [3.8, 4) is 5.75 Å². The largest absolute Gasteiger partial charge is 0.497 e. The molecule has 1 aromatic rings. The van der Waals surface area contributed by atoms with E-state index >= 15 is 0 Å². The molecule has 0 aromatic heterocycles. The molecule has 1 saturated heterocycles. The lowest BCUT2D eigenvalue weighted by molar-refractivity contribution is -0.157. The van der Waals surface area contributed by atoms with Crippen LogP contribution in [0.15, 0.2) is 18.2 Å². The van der Waals surface area contributed by atoms with E-state index in [1.807, 2.05) is 0 Å². The third kappa shape index (κ3) is 4.61. The van der Waals surface area contributed by atoms with Crippen LogP contribution in [0.4, 0.5) is 18.9 Å². The van der Waals surface area contributed by atoms with E-state index < -0.39 is 36.4 Å². The Kier molecular flexibility index (Phi) is 5.19. The van der Waals surface area contributed by atoms with Crippen LogP contribution in [0.3, 0.4) is 0 Å². The van der Waals surface area contributed by atoms with Crippen LogP contribution in [0.25, 0.3) is 0 Å². The zero-order chi connectivity index (χ0) is 18.8. The predicted molar refractivity (Wildman–Crippen MR) is 79.3 cm³/mol. The van der Waals surface area contributed by atoms with Crippen molar-refractivity contribution in [2.45, 2.75) is 12.6 Å². The Morgan fingerprint density at radius 1 is 1.40 bits per heavy atom. The Morgan fingerprint density at radius 2 is 2.08 bits per heavy atom. The van der Waals surface area contributed by atoms with Crippen molar-refractivity contribution in [2.24, 2.45) is 5.92 Å². The van der Waals surface area contributed by atoms with E-state index in [4.69, 9.17) is 4.74 Å². The average Bonchev–Trinajstić information content (AvgIpc) is 2.86. The predicted octanol–water partition coefficient (Wildman–Crippen LogP) is 1.74. The molecule has 10 heteroatoms. The maximum atomic E-state index is 12.4. The maximum Gasteiger partial charge on any atom is 0.406 e. The summed E-state index contributed by atoms with van der Waals surface area (Å²) in [5, 5.41) is 11.5. The van der Waals surface area contributed by atoms with E-state index in [2.05, 4.69) is 5.32 Å². The highest BCUT2D eigenvalue weighted by Gasteiger charge is 2.40. The fraction of sp³-hybridized carbons (Fsp3) is 0.400. The number of carbonyl (C=O) groups excluding carboxylic acids is 2. The Balaban J connectivity index is 2.10. The van der Waals surface area contributed by atoms with E-state index in [0.29, 0.717) is 4.90 Å². The van der Waals surface area contributed by atoms with E-state index in [1.165, 1.54) is 25.3 Å². The molecule has 0 saturated carbocycles. The highest BCUT2D eigenvalue weighted by atomic mass is 19.4. The molecule has 136 valence electrons. The van der Waals surface area contributed by atoms with Crippen LogP contribution in [0.1, 0.15) is 16.8 Å². The van der Waals surface area contributed by atoms with E-state index in [1.54, 1.807) is 0 Å². The summed E-state index contributed by atoms with van der Waals surface area (Å²) in [6.45, 7) is -1.79. The van der Waals surface area contributed by atoms with Crippen molar-refractivity contribution in [1.82, 2.24) is 4.90 Å². The molecule has 1 aliphatic rings. The molecule has 7 nitrogen and oxygen atoms in total. The highest BCUT2D eigenvalue weighted by Crippen LogP contribution is 2.27. The lowest BCUT2D eigenvalue weighted by Crippen LogP contribution is -2.36. The third-order valence-electron chi connectivity index (χ3n) is 3.67. The van der Waals surface area contributed by atoms with Crippen LogP contribution in [-0.4, -0.2) is 54.2 Å². The first-order valence-corrected chi connectivity index (χ1v) is 7.17. The van der Waals surface area contributed by atoms with Crippen molar-refractivity contribution in [3.05, 3.63) is 23.8 Å². The van der Waals surface area contributed by atoms with Gasteiger partial charge in [-0.1, -0.05) is 0 Å². The first-order valence-electron chi connectivity index (χ1n) is 7.17. The summed E-state index contributed by atoms with van der Waals surface area (Å²) in [6.07, 6.45) is -4.91. The van der Waals surface area contributed by atoms with Crippen molar-refractivity contribution in [1.29, 1.82) is 0 Å². The number of rotatable bonds is 5. The molecule has 0 aliphatic carbocycles. The average molecular weight is 360 g/mol. The quantitative estimate of drug-likeness (QED) is 0.834. The summed E-state index contributed by atoms with van der Waals surface area (Å²) < 4.78 is 42.1. The number of carboxylic acid groups (broad SMARTS) is 1. The molecule has 1 unspecified atom stereocenters. The van der Waals surface area contributed by atoms with Crippen molar-refractivity contribution < 1.29 is 37.4 Å². The number of likely N-dealkylation sites (tertiary alicyclic amines) is 1. The SMILES string of the molecule is COc1ccc(NC(=O)C2CC(=O)N(CC(F)(F)F)C2)c(C(=O)O)c1. The molecular formula is C15H15F3N2O5. The van der Waals surface area contributed by atoms with Gasteiger partial charge in [-0.15, -0.1) is 0 Å². The van der Waals surface area contributed by atoms with Crippen molar-refractivity contribution in [3.63, 3.8) is 0 Å². The molecule has 2 rings (SSSR count). The van der Waals surface area contributed by atoms with Gasteiger partial charge in [-0.05, 0) is 18.2 Å². The van der Waals surface area contributed by atoms with Crippen LogP contribution >= 0.6 is 0 Å². The minimum Gasteiger partial charge on any atom is -0.497 e. The van der Waals surface area contributed by atoms with Crippen LogP contribution in [0.5, 0.6) is 5.75 Å². The number of nitrogens with zero attached hydrogens (tertiary/aromatic N) is 1. The van der Waals surface area contributed by atoms with Gasteiger partial charge in [0.2, 0.25) is 11.8 Å². The number of hydrogen-bond acceptors (Lipinski definition) is 4. The molecule has 1 fully saturated rings. The van der Waals surface area contributed by atoms with Gasteiger partial charge < -0.3 is 20.1 Å². The standard InChI is InChI=1S/C15H15F3N2O5/c1-25-9-2-3-11(10(5-9)14(23)24)19-13(22)8-4-12(21)20(6-8)7-15(16,17)18/h2-3,5,8H,4,6-7H2,1H3,(H,19,22)(H,23,24). The lowest BCUT2D eigenvalue weighted by Gasteiger charge is -2.18. The number of halogens is 3.